The molecule has 2 heterocycles. The number of aromatic nitrogens is 1. The van der Waals surface area contributed by atoms with Crippen molar-refractivity contribution < 1.29 is 13.9 Å². The molecule has 0 amide bonds. The van der Waals surface area contributed by atoms with Crippen LogP contribution in [0, 0.1) is 5.82 Å². The van der Waals surface area contributed by atoms with E-state index in [-0.39, 0.29) is 5.82 Å². The molecular weight excluding hydrogens is 321 g/mol. The van der Waals surface area contributed by atoms with Crippen LogP contribution in [-0.4, -0.2) is 56.3 Å². The number of methoxy groups -OCH3 is 1. The van der Waals surface area contributed by atoms with Gasteiger partial charge < -0.3 is 14.4 Å². The zero-order valence-corrected chi connectivity index (χ0v) is 14.5. The molecule has 25 heavy (non-hydrogen) atoms. The Bertz CT molecular complexity index is 658. The van der Waals surface area contributed by atoms with Crippen molar-refractivity contribution in [2.75, 3.05) is 51.3 Å². The molecule has 0 spiro atoms. The van der Waals surface area contributed by atoms with E-state index in [2.05, 4.69) is 14.8 Å². The first-order valence-corrected chi connectivity index (χ1v) is 8.61. The zero-order valence-electron chi connectivity index (χ0n) is 14.5. The Morgan fingerprint density at radius 2 is 1.80 bits per heavy atom. The first-order valence-electron chi connectivity index (χ1n) is 8.61. The fourth-order valence-corrected chi connectivity index (χ4v) is 2.90. The lowest BCUT2D eigenvalue weighted by Crippen LogP contribution is -2.47. The molecule has 134 valence electrons. The second kappa shape index (κ2) is 8.67. The van der Waals surface area contributed by atoms with Gasteiger partial charge in [-0.05, 0) is 36.8 Å². The molecule has 5 nitrogen and oxygen atoms in total. The van der Waals surface area contributed by atoms with Crippen LogP contribution < -0.4 is 14.4 Å². The van der Waals surface area contributed by atoms with Gasteiger partial charge in [0.2, 0.25) is 5.88 Å². The molecule has 1 fully saturated rings. The largest absolute Gasteiger partial charge is 0.494 e. The molecule has 0 atom stereocenters. The number of anilines is 1. The highest BCUT2D eigenvalue weighted by molar-refractivity contribution is 5.41. The van der Waals surface area contributed by atoms with Crippen LogP contribution >= 0.6 is 0 Å². The number of halogens is 1. The third-order valence-corrected chi connectivity index (χ3v) is 4.32. The van der Waals surface area contributed by atoms with Gasteiger partial charge in [0.25, 0.3) is 0 Å². The summed E-state index contributed by atoms with van der Waals surface area (Å²) in [4.78, 5) is 9.21. The minimum absolute atomic E-state index is 0.240. The van der Waals surface area contributed by atoms with Crippen LogP contribution in [0.25, 0.3) is 0 Å². The van der Waals surface area contributed by atoms with Crippen LogP contribution in [0.15, 0.2) is 42.5 Å². The number of nitrogens with zero attached hydrogens (tertiary/aromatic N) is 3. The topological polar surface area (TPSA) is 37.8 Å². The molecule has 0 unspecified atom stereocenters. The summed E-state index contributed by atoms with van der Waals surface area (Å²) < 4.78 is 23.7. The molecule has 0 N–H and O–H groups in total. The maximum Gasteiger partial charge on any atom is 0.214 e. The van der Waals surface area contributed by atoms with Crippen molar-refractivity contribution in [2.24, 2.45) is 0 Å². The molecule has 1 saturated heterocycles. The number of hydrogen-bond donors (Lipinski definition) is 0. The van der Waals surface area contributed by atoms with E-state index < -0.39 is 0 Å². The SMILES string of the molecule is COc1cccc(N2CCN(CCCOc3ccc(F)cc3)CC2)n1. The maximum atomic E-state index is 12.8. The summed E-state index contributed by atoms with van der Waals surface area (Å²) in [6.45, 7) is 5.58. The van der Waals surface area contributed by atoms with Gasteiger partial charge in [-0.2, -0.15) is 4.98 Å². The third kappa shape index (κ3) is 5.06. The molecule has 1 aliphatic rings. The summed E-state index contributed by atoms with van der Waals surface area (Å²) in [7, 11) is 1.64. The Hall–Kier alpha value is -2.34. The average Bonchev–Trinajstić information content (AvgIpc) is 2.67. The zero-order chi connectivity index (χ0) is 17.5. The second-order valence-corrected chi connectivity index (χ2v) is 6.02. The van der Waals surface area contributed by atoms with Gasteiger partial charge in [0.05, 0.1) is 13.7 Å². The molecule has 0 radical (unpaired) electrons. The number of hydrogen-bond acceptors (Lipinski definition) is 5. The smallest absolute Gasteiger partial charge is 0.214 e. The van der Waals surface area contributed by atoms with Crippen LogP contribution in [0.3, 0.4) is 0 Å². The van der Waals surface area contributed by atoms with Gasteiger partial charge in [0.15, 0.2) is 0 Å². The van der Waals surface area contributed by atoms with Gasteiger partial charge in [-0.3, -0.25) is 4.90 Å². The number of benzene rings is 1. The van der Waals surface area contributed by atoms with Crippen molar-refractivity contribution in [1.29, 1.82) is 0 Å². The van der Waals surface area contributed by atoms with E-state index in [0.717, 1.165) is 50.7 Å². The normalized spacial score (nSPS) is 15.2. The Balaban J connectivity index is 1.37. The highest BCUT2D eigenvalue weighted by Gasteiger charge is 2.17. The maximum absolute atomic E-state index is 12.8. The highest BCUT2D eigenvalue weighted by atomic mass is 19.1. The van der Waals surface area contributed by atoms with Crippen LogP contribution in [0.5, 0.6) is 11.6 Å². The quantitative estimate of drug-likeness (QED) is 0.722. The molecule has 0 aliphatic carbocycles. The van der Waals surface area contributed by atoms with Gasteiger partial charge in [0.1, 0.15) is 17.4 Å². The number of ether oxygens (including phenoxy) is 2. The van der Waals surface area contributed by atoms with E-state index in [9.17, 15) is 4.39 Å². The molecule has 1 aromatic carbocycles. The molecule has 0 bridgehead atoms. The highest BCUT2D eigenvalue weighted by Crippen LogP contribution is 2.17. The summed E-state index contributed by atoms with van der Waals surface area (Å²) in [5.74, 6) is 2.10. The van der Waals surface area contributed by atoms with Gasteiger partial charge in [-0.1, -0.05) is 6.07 Å². The summed E-state index contributed by atoms with van der Waals surface area (Å²) in [5.41, 5.74) is 0. The standard InChI is InChI=1S/C19H24FN3O2/c1-24-19-5-2-4-18(21-19)23-13-11-22(12-14-23)10-3-15-25-17-8-6-16(20)7-9-17/h2,4-9H,3,10-15H2,1H3. The van der Waals surface area contributed by atoms with Crippen molar-refractivity contribution in [1.82, 2.24) is 9.88 Å². The predicted octanol–water partition coefficient (Wildman–Crippen LogP) is 2.82. The second-order valence-electron chi connectivity index (χ2n) is 6.02. The molecule has 1 aromatic heterocycles. The lowest BCUT2D eigenvalue weighted by Gasteiger charge is -2.35. The molecule has 6 heteroatoms. The Morgan fingerprint density at radius 3 is 2.52 bits per heavy atom. The van der Waals surface area contributed by atoms with Crippen molar-refractivity contribution in [3.05, 3.63) is 48.3 Å². The third-order valence-electron chi connectivity index (χ3n) is 4.32. The van der Waals surface area contributed by atoms with Gasteiger partial charge >= 0.3 is 0 Å². The lowest BCUT2D eigenvalue weighted by molar-refractivity contribution is 0.224. The first-order chi connectivity index (χ1) is 12.2. The van der Waals surface area contributed by atoms with Gasteiger partial charge in [-0.15, -0.1) is 0 Å². The summed E-state index contributed by atoms with van der Waals surface area (Å²) in [5, 5.41) is 0. The summed E-state index contributed by atoms with van der Waals surface area (Å²) in [6, 6.07) is 12.0. The van der Waals surface area contributed by atoms with Crippen LogP contribution in [0.2, 0.25) is 0 Å². The van der Waals surface area contributed by atoms with E-state index in [1.54, 1.807) is 19.2 Å². The fraction of sp³-hybridized carbons (Fsp3) is 0.421. The van der Waals surface area contributed by atoms with E-state index in [1.807, 2.05) is 18.2 Å². The molecular formula is C19H24FN3O2. The molecule has 0 saturated carbocycles. The monoisotopic (exact) mass is 345 g/mol. The molecule has 3 rings (SSSR count). The average molecular weight is 345 g/mol. The number of piperazine rings is 1. The lowest BCUT2D eigenvalue weighted by atomic mass is 10.3. The van der Waals surface area contributed by atoms with E-state index in [0.29, 0.717) is 12.5 Å². The predicted molar refractivity (Wildman–Crippen MR) is 96.0 cm³/mol. The Morgan fingerprint density at radius 1 is 1.04 bits per heavy atom. The molecule has 1 aliphatic heterocycles. The van der Waals surface area contributed by atoms with Gasteiger partial charge in [-0.25, -0.2) is 4.39 Å². The minimum Gasteiger partial charge on any atom is -0.494 e. The first kappa shape index (κ1) is 17.5. The number of pyridine rings is 1. The van der Waals surface area contributed by atoms with E-state index in [4.69, 9.17) is 9.47 Å². The van der Waals surface area contributed by atoms with Crippen LogP contribution in [0.1, 0.15) is 6.42 Å². The minimum atomic E-state index is -0.240. The van der Waals surface area contributed by atoms with Crippen LogP contribution in [-0.2, 0) is 0 Å². The van der Waals surface area contributed by atoms with Crippen molar-refractivity contribution in [2.45, 2.75) is 6.42 Å². The van der Waals surface area contributed by atoms with Crippen molar-refractivity contribution >= 4 is 5.82 Å². The van der Waals surface area contributed by atoms with Crippen molar-refractivity contribution in [3.63, 3.8) is 0 Å². The Kier molecular flexibility index (Phi) is 6.06. The Labute approximate surface area is 148 Å². The molecule has 2 aromatic rings. The van der Waals surface area contributed by atoms with Crippen molar-refractivity contribution in [3.8, 4) is 11.6 Å². The number of rotatable bonds is 7. The van der Waals surface area contributed by atoms with E-state index in [1.165, 1.54) is 12.1 Å². The fourth-order valence-electron chi connectivity index (χ4n) is 2.90. The van der Waals surface area contributed by atoms with E-state index >= 15 is 0 Å². The van der Waals surface area contributed by atoms with Gasteiger partial charge in [0, 0.05) is 38.8 Å². The summed E-state index contributed by atoms with van der Waals surface area (Å²) >= 11 is 0. The summed E-state index contributed by atoms with van der Waals surface area (Å²) in [6.07, 6.45) is 0.953. The van der Waals surface area contributed by atoms with Crippen LogP contribution in [0.4, 0.5) is 10.2 Å².